The lowest BCUT2D eigenvalue weighted by Crippen LogP contribution is -2.13. The molecule has 2 N–H and O–H groups in total. The molecule has 1 aromatic rings. The first kappa shape index (κ1) is 11.2. The van der Waals surface area contributed by atoms with E-state index in [0.717, 1.165) is 0 Å². The average Bonchev–Trinajstić information content (AvgIpc) is 2.19. The van der Waals surface area contributed by atoms with E-state index in [2.05, 4.69) is 11.9 Å². The van der Waals surface area contributed by atoms with E-state index in [1.165, 1.54) is 6.08 Å². The van der Waals surface area contributed by atoms with Crippen LogP contribution in [0.2, 0.25) is 0 Å². The van der Waals surface area contributed by atoms with Crippen molar-refractivity contribution in [2.45, 2.75) is 0 Å². The van der Waals surface area contributed by atoms with Gasteiger partial charge in [-0.3, -0.25) is 4.79 Å². The molecule has 3 heteroatoms. The number of phenols is 1. The highest BCUT2D eigenvalue weighted by Gasteiger charge is 1.78. The van der Waals surface area contributed by atoms with Gasteiger partial charge in [0.05, 0.1) is 0 Å². The van der Waals surface area contributed by atoms with Crippen LogP contribution in [0.1, 0.15) is 0 Å². The molecule has 70 valence electrons. The maximum absolute atomic E-state index is 9.95. The molecule has 0 heterocycles. The average molecular weight is 179 g/mol. The second-order valence-corrected chi connectivity index (χ2v) is 2.15. The maximum Gasteiger partial charge on any atom is 0.243 e. The van der Waals surface area contributed by atoms with E-state index in [-0.39, 0.29) is 5.91 Å². The fourth-order valence-electron chi connectivity index (χ4n) is 0.530. The quantitative estimate of drug-likeness (QED) is 0.638. The van der Waals surface area contributed by atoms with Gasteiger partial charge in [0.25, 0.3) is 0 Å². The highest BCUT2D eigenvalue weighted by molar-refractivity contribution is 5.86. The van der Waals surface area contributed by atoms with Crippen molar-refractivity contribution in [3.8, 4) is 5.75 Å². The summed E-state index contributed by atoms with van der Waals surface area (Å²) in [6.45, 7) is 3.22. The van der Waals surface area contributed by atoms with Crippen molar-refractivity contribution in [1.82, 2.24) is 5.32 Å². The predicted molar refractivity (Wildman–Crippen MR) is 52.4 cm³/mol. The van der Waals surface area contributed by atoms with Gasteiger partial charge in [0, 0.05) is 7.05 Å². The molecular weight excluding hydrogens is 166 g/mol. The smallest absolute Gasteiger partial charge is 0.243 e. The number of aromatic hydroxyl groups is 1. The normalized spacial score (nSPS) is 7.77. The van der Waals surface area contributed by atoms with Crippen LogP contribution in [0, 0.1) is 0 Å². The van der Waals surface area contributed by atoms with Gasteiger partial charge in [0.15, 0.2) is 0 Å². The van der Waals surface area contributed by atoms with Crippen LogP contribution in [-0.4, -0.2) is 18.1 Å². The summed E-state index contributed by atoms with van der Waals surface area (Å²) < 4.78 is 0. The monoisotopic (exact) mass is 179 g/mol. The van der Waals surface area contributed by atoms with Gasteiger partial charge in [-0.25, -0.2) is 0 Å². The first-order valence-corrected chi connectivity index (χ1v) is 3.79. The molecule has 0 unspecified atom stereocenters. The van der Waals surface area contributed by atoms with Crippen molar-refractivity contribution >= 4 is 5.91 Å². The third-order valence-corrected chi connectivity index (χ3v) is 1.19. The topological polar surface area (TPSA) is 49.3 Å². The van der Waals surface area contributed by atoms with Gasteiger partial charge in [0.2, 0.25) is 5.91 Å². The zero-order chi connectivity index (χ0) is 10.1. The number of amides is 1. The lowest BCUT2D eigenvalue weighted by atomic mass is 10.3. The number of para-hydroxylation sites is 1. The molecule has 0 aliphatic heterocycles. The number of carbonyl (C=O) groups is 1. The van der Waals surface area contributed by atoms with Gasteiger partial charge in [-0.1, -0.05) is 24.8 Å². The molecular formula is C10H13NO2. The molecule has 0 aliphatic carbocycles. The molecule has 3 nitrogen and oxygen atoms in total. The predicted octanol–water partition coefficient (Wildman–Crippen LogP) is 1.31. The van der Waals surface area contributed by atoms with Crippen molar-refractivity contribution in [3.05, 3.63) is 43.0 Å². The van der Waals surface area contributed by atoms with E-state index in [9.17, 15) is 4.79 Å². The summed E-state index contributed by atoms with van der Waals surface area (Å²) in [5.41, 5.74) is 0. The molecule has 13 heavy (non-hydrogen) atoms. The van der Waals surface area contributed by atoms with Gasteiger partial charge in [0.1, 0.15) is 5.75 Å². The lowest BCUT2D eigenvalue weighted by molar-refractivity contribution is -0.116. The van der Waals surface area contributed by atoms with Gasteiger partial charge < -0.3 is 10.4 Å². The Kier molecular flexibility index (Phi) is 5.97. The fourth-order valence-corrected chi connectivity index (χ4v) is 0.530. The number of carbonyl (C=O) groups excluding carboxylic acids is 1. The third kappa shape index (κ3) is 6.62. The van der Waals surface area contributed by atoms with Crippen LogP contribution in [0.15, 0.2) is 43.0 Å². The van der Waals surface area contributed by atoms with Crippen LogP contribution in [0.3, 0.4) is 0 Å². The standard InChI is InChI=1S/C6H6O.C4H7NO/c7-6-4-2-1-3-5-6;1-3-4(6)5-2/h1-5,7H;3H,1H2,2H3,(H,5,6). The minimum Gasteiger partial charge on any atom is -0.508 e. The second kappa shape index (κ2) is 6.91. The zero-order valence-electron chi connectivity index (χ0n) is 7.53. The Morgan fingerprint density at radius 1 is 1.46 bits per heavy atom. The molecule has 0 aromatic heterocycles. The summed E-state index contributed by atoms with van der Waals surface area (Å²) in [4.78, 5) is 9.95. The first-order valence-electron chi connectivity index (χ1n) is 3.79. The van der Waals surface area contributed by atoms with E-state index in [1.54, 1.807) is 31.3 Å². The molecule has 1 amide bonds. The van der Waals surface area contributed by atoms with E-state index in [0.29, 0.717) is 5.75 Å². The molecule has 0 saturated heterocycles. The van der Waals surface area contributed by atoms with Crippen molar-refractivity contribution in [1.29, 1.82) is 0 Å². The highest BCUT2D eigenvalue weighted by Crippen LogP contribution is 2.02. The van der Waals surface area contributed by atoms with Crippen molar-refractivity contribution in [2.75, 3.05) is 7.05 Å². The summed E-state index contributed by atoms with van der Waals surface area (Å²) in [7, 11) is 1.56. The van der Waals surface area contributed by atoms with Gasteiger partial charge in [-0.15, -0.1) is 0 Å². The lowest BCUT2D eigenvalue weighted by Gasteiger charge is -1.82. The van der Waals surface area contributed by atoms with Crippen LogP contribution < -0.4 is 5.32 Å². The molecule has 0 bridgehead atoms. The number of hydrogen-bond donors (Lipinski definition) is 2. The highest BCUT2D eigenvalue weighted by atomic mass is 16.3. The van der Waals surface area contributed by atoms with Crippen LogP contribution in [-0.2, 0) is 4.79 Å². The Hall–Kier alpha value is -1.77. The summed E-state index contributed by atoms with van der Waals surface area (Å²) >= 11 is 0. The molecule has 0 fully saturated rings. The SMILES string of the molecule is C=CC(=O)NC.Oc1ccccc1. The van der Waals surface area contributed by atoms with E-state index in [4.69, 9.17) is 5.11 Å². The Balaban J connectivity index is 0.000000226. The summed E-state index contributed by atoms with van der Waals surface area (Å²) in [6.07, 6.45) is 1.22. The number of phenolic OH excluding ortho intramolecular Hbond substituents is 1. The number of likely N-dealkylation sites (N-methyl/N-ethyl adjacent to an activating group) is 1. The minimum atomic E-state index is -0.144. The van der Waals surface area contributed by atoms with Crippen LogP contribution in [0.5, 0.6) is 5.75 Å². The zero-order valence-corrected chi connectivity index (χ0v) is 7.53. The molecule has 1 rings (SSSR count). The summed E-state index contributed by atoms with van der Waals surface area (Å²) in [5.74, 6) is 0.178. The molecule has 0 saturated carbocycles. The Bertz CT molecular complexity index is 257. The molecule has 1 aromatic carbocycles. The van der Waals surface area contributed by atoms with Crippen molar-refractivity contribution in [3.63, 3.8) is 0 Å². The molecule has 0 radical (unpaired) electrons. The van der Waals surface area contributed by atoms with Gasteiger partial charge >= 0.3 is 0 Å². The second-order valence-electron chi connectivity index (χ2n) is 2.15. The fraction of sp³-hybridized carbons (Fsp3) is 0.100. The van der Waals surface area contributed by atoms with E-state index < -0.39 is 0 Å². The number of rotatable bonds is 1. The molecule has 0 spiro atoms. The van der Waals surface area contributed by atoms with Crippen LogP contribution >= 0.6 is 0 Å². The Morgan fingerprint density at radius 2 is 2.00 bits per heavy atom. The summed E-state index contributed by atoms with van der Waals surface area (Å²) in [5, 5.41) is 11.0. The molecule has 0 atom stereocenters. The van der Waals surface area contributed by atoms with Crippen molar-refractivity contribution in [2.24, 2.45) is 0 Å². The molecule has 0 aliphatic rings. The first-order chi connectivity index (χ1) is 6.20. The number of nitrogens with one attached hydrogen (secondary N) is 1. The van der Waals surface area contributed by atoms with Gasteiger partial charge in [-0.05, 0) is 18.2 Å². The number of hydrogen-bond acceptors (Lipinski definition) is 2. The summed E-state index contributed by atoms with van der Waals surface area (Å²) in [6, 6.07) is 8.71. The van der Waals surface area contributed by atoms with Crippen LogP contribution in [0.4, 0.5) is 0 Å². The van der Waals surface area contributed by atoms with Gasteiger partial charge in [-0.2, -0.15) is 0 Å². The van der Waals surface area contributed by atoms with E-state index in [1.807, 2.05) is 6.07 Å². The van der Waals surface area contributed by atoms with Crippen molar-refractivity contribution < 1.29 is 9.90 Å². The largest absolute Gasteiger partial charge is 0.508 e. The third-order valence-electron chi connectivity index (χ3n) is 1.19. The Morgan fingerprint density at radius 3 is 2.15 bits per heavy atom. The Labute approximate surface area is 77.7 Å². The minimum absolute atomic E-state index is 0.144. The maximum atomic E-state index is 9.95. The van der Waals surface area contributed by atoms with E-state index >= 15 is 0 Å². The number of benzene rings is 1. The van der Waals surface area contributed by atoms with Crippen LogP contribution in [0.25, 0.3) is 0 Å².